The lowest BCUT2D eigenvalue weighted by molar-refractivity contribution is 0.625. The molecule has 0 aromatic heterocycles. The van der Waals surface area contributed by atoms with Crippen LogP contribution in [0.15, 0.2) is 53.5 Å². The molecule has 5 heteroatoms. The van der Waals surface area contributed by atoms with Gasteiger partial charge in [-0.15, -0.1) is 0 Å². The SMILES string of the molecule is NC1N=C(c2ccccc2F)c2ccccc2NC1=S. The van der Waals surface area contributed by atoms with Crippen LogP contribution in [0.1, 0.15) is 11.1 Å². The van der Waals surface area contributed by atoms with E-state index in [0.29, 0.717) is 16.3 Å². The lowest BCUT2D eigenvalue weighted by Crippen LogP contribution is -2.31. The Kier molecular flexibility index (Phi) is 3.30. The van der Waals surface area contributed by atoms with Crippen LogP contribution in [0.5, 0.6) is 0 Å². The van der Waals surface area contributed by atoms with Crippen LogP contribution < -0.4 is 11.1 Å². The number of rotatable bonds is 1. The van der Waals surface area contributed by atoms with Gasteiger partial charge in [-0.2, -0.15) is 0 Å². The number of hydrogen-bond acceptors (Lipinski definition) is 3. The van der Waals surface area contributed by atoms with E-state index in [4.69, 9.17) is 18.0 Å². The summed E-state index contributed by atoms with van der Waals surface area (Å²) in [6, 6.07) is 14.0. The predicted molar refractivity (Wildman–Crippen MR) is 82.7 cm³/mol. The highest BCUT2D eigenvalue weighted by atomic mass is 32.1. The fourth-order valence-electron chi connectivity index (χ4n) is 2.14. The summed E-state index contributed by atoms with van der Waals surface area (Å²) in [5.74, 6) is -0.332. The van der Waals surface area contributed by atoms with Gasteiger partial charge in [0.1, 0.15) is 17.0 Å². The van der Waals surface area contributed by atoms with Crippen molar-refractivity contribution >= 4 is 28.6 Å². The number of hydrogen-bond donors (Lipinski definition) is 2. The Labute approximate surface area is 121 Å². The second-order valence-electron chi connectivity index (χ2n) is 4.44. The molecule has 3 N–H and O–H groups in total. The minimum Gasteiger partial charge on any atom is -0.347 e. The average Bonchev–Trinajstić information content (AvgIpc) is 2.57. The molecule has 0 radical (unpaired) electrons. The van der Waals surface area contributed by atoms with Crippen LogP contribution in [0.4, 0.5) is 10.1 Å². The first-order chi connectivity index (χ1) is 9.66. The van der Waals surface area contributed by atoms with E-state index in [2.05, 4.69) is 10.3 Å². The van der Waals surface area contributed by atoms with Crippen molar-refractivity contribution in [1.29, 1.82) is 0 Å². The molecule has 0 fully saturated rings. The number of anilines is 1. The van der Waals surface area contributed by atoms with Crippen molar-refractivity contribution in [2.75, 3.05) is 5.32 Å². The molecule has 1 unspecified atom stereocenters. The molecule has 20 heavy (non-hydrogen) atoms. The molecule has 0 bridgehead atoms. The van der Waals surface area contributed by atoms with Crippen molar-refractivity contribution in [3.05, 3.63) is 65.5 Å². The zero-order valence-electron chi connectivity index (χ0n) is 10.5. The van der Waals surface area contributed by atoms with Gasteiger partial charge < -0.3 is 11.1 Å². The van der Waals surface area contributed by atoms with Crippen molar-refractivity contribution in [2.24, 2.45) is 10.7 Å². The Balaban J connectivity index is 2.25. The van der Waals surface area contributed by atoms with Crippen molar-refractivity contribution in [3.8, 4) is 0 Å². The highest BCUT2D eigenvalue weighted by Crippen LogP contribution is 2.24. The Hall–Kier alpha value is -2.11. The van der Waals surface area contributed by atoms with Crippen LogP contribution in [0.2, 0.25) is 0 Å². The molecule has 3 rings (SSSR count). The summed E-state index contributed by atoms with van der Waals surface area (Å²) in [6.07, 6.45) is -0.688. The maximum Gasteiger partial charge on any atom is 0.149 e. The Morgan fingerprint density at radius 2 is 1.70 bits per heavy atom. The summed E-state index contributed by atoms with van der Waals surface area (Å²) in [5, 5.41) is 3.06. The number of thiocarbonyl (C=S) groups is 1. The molecule has 1 aliphatic rings. The van der Waals surface area contributed by atoms with Gasteiger partial charge >= 0.3 is 0 Å². The highest BCUT2D eigenvalue weighted by molar-refractivity contribution is 7.80. The topological polar surface area (TPSA) is 50.4 Å². The molecule has 0 spiro atoms. The molecule has 0 aliphatic carbocycles. The third-order valence-corrected chi connectivity index (χ3v) is 3.45. The quantitative estimate of drug-likeness (QED) is 0.792. The number of aliphatic imine (C=N–C) groups is 1. The first kappa shape index (κ1) is 12.9. The van der Waals surface area contributed by atoms with E-state index in [1.807, 2.05) is 24.3 Å². The maximum atomic E-state index is 14.1. The van der Waals surface area contributed by atoms with E-state index in [0.717, 1.165) is 11.3 Å². The Morgan fingerprint density at radius 1 is 1.05 bits per heavy atom. The van der Waals surface area contributed by atoms with Gasteiger partial charge in [-0.3, -0.25) is 4.99 Å². The number of benzodiazepines with no additional fused rings is 1. The first-order valence-electron chi connectivity index (χ1n) is 6.15. The molecule has 0 saturated heterocycles. The normalized spacial score (nSPS) is 17.8. The highest BCUT2D eigenvalue weighted by Gasteiger charge is 2.21. The fraction of sp³-hybridized carbons (Fsp3) is 0.0667. The zero-order valence-corrected chi connectivity index (χ0v) is 11.3. The van der Waals surface area contributed by atoms with E-state index in [-0.39, 0.29) is 5.82 Å². The van der Waals surface area contributed by atoms with Crippen LogP contribution in [0.3, 0.4) is 0 Å². The monoisotopic (exact) mass is 285 g/mol. The first-order valence-corrected chi connectivity index (χ1v) is 6.56. The molecule has 1 aliphatic heterocycles. The number of para-hydroxylation sites is 1. The van der Waals surface area contributed by atoms with Gasteiger partial charge in [-0.05, 0) is 18.2 Å². The molecular weight excluding hydrogens is 273 g/mol. The number of nitrogens with zero attached hydrogens (tertiary/aromatic N) is 1. The van der Waals surface area contributed by atoms with Crippen LogP contribution in [-0.2, 0) is 0 Å². The second-order valence-corrected chi connectivity index (χ2v) is 4.88. The van der Waals surface area contributed by atoms with E-state index in [1.54, 1.807) is 18.2 Å². The van der Waals surface area contributed by atoms with E-state index >= 15 is 0 Å². The van der Waals surface area contributed by atoms with Gasteiger partial charge in [-0.1, -0.05) is 42.5 Å². The van der Waals surface area contributed by atoms with Gasteiger partial charge in [0, 0.05) is 16.8 Å². The number of benzene rings is 2. The molecule has 0 amide bonds. The van der Waals surface area contributed by atoms with E-state index in [1.165, 1.54) is 6.07 Å². The lowest BCUT2D eigenvalue weighted by atomic mass is 10.0. The second kappa shape index (κ2) is 5.11. The number of nitrogens with one attached hydrogen (secondary N) is 1. The lowest BCUT2D eigenvalue weighted by Gasteiger charge is -2.10. The minimum absolute atomic E-state index is 0.332. The Bertz CT molecular complexity index is 712. The summed E-state index contributed by atoms with van der Waals surface area (Å²) in [6.45, 7) is 0. The standard InChI is InChI=1S/C15H12FN3S/c16-11-7-3-1-5-9(11)13-10-6-2-4-8-12(10)18-15(20)14(17)19-13/h1-8,14H,17H2,(H,18,20). The molecule has 1 atom stereocenters. The summed E-state index contributed by atoms with van der Waals surface area (Å²) in [7, 11) is 0. The van der Waals surface area contributed by atoms with E-state index < -0.39 is 6.17 Å². The molecule has 1 heterocycles. The van der Waals surface area contributed by atoms with Gasteiger partial charge in [0.05, 0.1) is 5.71 Å². The van der Waals surface area contributed by atoms with Crippen molar-refractivity contribution < 1.29 is 4.39 Å². The zero-order chi connectivity index (χ0) is 14.1. The molecular formula is C15H12FN3S. The number of nitrogens with two attached hydrogens (primary N) is 1. The van der Waals surface area contributed by atoms with Gasteiger partial charge in [0.25, 0.3) is 0 Å². The number of halogens is 1. The number of fused-ring (bicyclic) bond motifs is 1. The van der Waals surface area contributed by atoms with Gasteiger partial charge in [0.15, 0.2) is 0 Å². The van der Waals surface area contributed by atoms with Gasteiger partial charge in [-0.25, -0.2) is 4.39 Å². The van der Waals surface area contributed by atoms with Crippen LogP contribution in [0, 0.1) is 5.82 Å². The van der Waals surface area contributed by atoms with Crippen LogP contribution in [-0.4, -0.2) is 16.9 Å². The maximum absolute atomic E-state index is 14.1. The smallest absolute Gasteiger partial charge is 0.149 e. The third kappa shape index (κ3) is 2.21. The fourth-order valence-corrected chi connectivity index (χ4v) is 2.30. The summed E-state index contributed by atoms with van der Waals surface area (Å²) >= 11 is 5.19. The van der Waals surface area contributed by atoms with Crippen molar-refractivity contribution in [2.45, 2.75) is 6.17 Å². The third-order valence-electron chi connectivity index (χ3n) is 3.11. The average molecular weight is 285 g/mol. The van der Waals surface area contributed by atoms with Crippen molar-refractivity contribution in [3.63, 3.8) is 0 Å². The molecule has 2 aromatic rings. The molecule has 100 valence electrons. The largest absolute Gasteiger partial charge is 0.347 e. The van der Waals surface area contributed by atoms with E-state index in [9.17, 15) is 4.39 Å². The minimum atomic E-state index is -0.688. The van der Waals surface area contributed by atoms with Gasteiger partial charge in [0.2, 0.25) is 0 Å². The Morgan fingerprint density at radius 3 is 2.45 bits per heavy atom. The summed E-state index contributed by atoms with van der Waals surface area (Å²) < 4.78 is 14.1. The van der Waals surface area contributed by atoms with Crippen LogP contribution >= 0.6 is 12.2 Å². The summed E-state index contributed by atoms with van der Waals surface area (Å²) in [4.78, 5) is 4.80. The van der Waals surface area contributed by atoms with Crippen LogP contribution in [0.25, 0.3) is 0 Å². The summed E-state index contributed by atoms with van der Waals surface area (Å²) in [5.41, 5.74) is 8.42. The van der Waals surface area contributed by atoms with Crippen molar-refractivity contribution in [1.82, 2.24) is 0 Å². The molecule has 2 aromatic carbocycles. The molecule has 3 nitrogen and oxygen atoms in total. The predicted octanol–water partition coefficient (Wildman–Crippen LogP) is 2.70. The molecule has 0 saturated carbocycles.